The Morgan fingerprint density at radius 1 is 1.11 bits per heavy atom. The third-order valence-electron chi connectivity index (χ3n) is 3.34. The number of aromatic nitrogens is 3. The summed E-state index contributed by atoms with van der Waals surface area (Å²) in [4.78, 5) is 8.31. The summed E-state index contributed by atoms with van der Waals surface area (Å²) in [5.41, 5.74) is 6.77. The summed E-state index contributed by atoms with van der Waals surface area (Å²) in [5, 5.41) is 0.962. The molecule has 0 aliphatic heterocycles. The van der Waals surface area contributed by atoms with Gasteiger partial charge in [-0.25, -0.2) is 9.97 Å². The van der Waals surface area contributed by atoms with Crippen LogP contribution in [0.3, 0.4) is 0 Å². The van der Waals surface area contributed by atoms with Crippen LogP contribution in [0.1, 0.15) is 45.4 Å². The first-order valence-corrected chi connectivity index (χ1v) is 6.88. The number of rotatable bonds is 7. The molecule has 0 radical (unpaired) electrons. The van der Waals surface area contributed by atoms with Crippen molar-refractivity contribution in [3.05, 3.63) is 18.6 Å². The van der Waals surface area contributed by atoms with Gasteiger partial charge in [-0.3, -0.25) is 0 Å². The van der Waals surface area contributed by atoms with Crippen molar-refractivity contribution >= 4 is 16.9 Å². The molecular weight excluding hydrogens is 224 g/mol. The zero-order valence-electron chi connectivity index (χ0n) is 11.1. The quantitative estimate of drug-likeness (QED) is 0.762. The normalized spacial score (nSPS) is 11.2. The van der Waals surface area contributed by atoms with E-state index in [9.17, 15) is 0 Å². The second-order valence-electron chi connectivity index (χ2n) is 4.77. The van der Waals surface area contributed by atoms with Crippen LogP contribution in [-0.2, 0) is 6.54 Å². The molecule has 2 aromatic rings. The number of nitrogens with two attached hydrogens (primary N) is 1. The van der Waals surface area contributed by atoms with Gasteiger partial charge in [0, 0.05) is 12.7 Å². The molecule has 0 aliphatic rings. The van der Waals surface area contributed by atoms with Crippen molar-refractivity contribution in [2.24, 2.45) is 0 Å². The molecule has 18 heavy (non-hydrogen) atoms. The van der Waals surface area contributed by atoms with Gasteiger partial charge in [-0.1, -0.05) is 39.0 Å². The zero-order valence-corrected chi connectivity index (χ0v) is 11.1. The molecule has 0 aromatic carbocycles. The van der Waals surface area contributed by atoms with E-state index in [-0.39, 0.29) is 0 Å². The topological polar surface area (TPSA) is 56.7 Å². The first kappa shape index (κ1) is 12.9. The van der Waals surface area contributed by atoms with Crippen molar-refractivity contribution in [2.75, 3.05) is 5.73 Å². The van der Waals surface area contributed by atoms with Gasteiger partial charge in [0.15, 0.2) is 0 Å². The minimum absolute atomic E-state index is 0.571. The predicted molar refractivity (Wildman–Crippen MR) is 75.3 cm³/mol. The average molecular weight is 246 g/mol. The molecule has 0 amide bonds. The van der Waals surface area contributed by atoms with E-state index in [0.29, 0.717) is 5.82 Å². The second kappa shape index (κ2) is 6.38. The highest BCUT2D eigenvalue weighted by Crippen LogP contribution is 2.18. The smallest absolute Gasteiger partial charge is 0.145 e. The Morgan fingerprint density at radius 2 is 1.89 bits per heavy atom. The summed E-state index contributed by atoms with van der Waals surface area (Å²) < 4.78 is 2.17. The lowest BCUT2D eigenvalue weighted by Crippen LogP contribution is -1.99. The van der Waals surface area contributed by atoms with Gasteiger partial charge in [-0.15, -0.1) is 0 Å². The zero-order chi connectivity index (χ0) is 12.8. The van der Waals surface area contributed by atoms with Crippen molar-refractivity contribution in [2.45, 2.75) is 52.0 Å². The monoisotopic (exact) mass is 246 g/mol. The van der Waals surface area contributed by atoms with Crippen LogP contribution in [-0.4, -0.2) is 14.5 Å². The molecule has 0 saturated heterocycles. The number of unbranched alkanes of at least 4 members (excludes halogenated alkanes) is 5. The highest BCUT2D eigenvalue weighted by Gasteiger charge is 2.05. The Kier molecular flexibility index (Phi) is 4.56. The molecule has 2 rings (SSSR count). The third kappa shape index (κ3) is 3.00. The molecule has 98 valence electrons. The molecule has 0 atom stereocenters. The first-order chi connectivity index (χ1) is 8.83. The predicted octanol–water partition coefficient (Wildman–Crippen LogP) is 3.37. The van der Waals surface area contributed by atoms with Gasteiger partial charge < -0.3 is 10.3 Å². The molecule has 0 fully saturated rings. The van der Waals surface area contributed by atoms with Crippen LogP contribution in [0, 0.1) is 0 Å². The molecule has 4 nitrogen and oxygen atoms in total. The lowest BCUT2D eigenvalue weighted by atomic mass is 10.1. The van der Waals surface area contributed by atoms with Crippen LogP contribution in [0.25, 0.3) is 11.0 Å². The van der Waals surface area contributed by atoms with Gasteiger partial charge in [0.25, 0.3) is 0 Å². The maximum Gasteiger partial charge on any atom is 0.145 e. The maximum atomic E-state index is 5.81. The van der Waals surface area contributed by atoms with E-state index >= 15 is 0 Å². The molecular formula is C14H22N4. The summed E-state index contributed by atoms with van der Waals surface area (Å²) >= 11 is 0. The van der Waals surface area contributed by atoms with Crippen molar-refractivity contribution in [3.63, 3.8) is 0 Å². The number of anilines is 1. The fraction of sp³-hybridized carbons (Fsp3) is 0.571. The standard InChI is InChI=1S/C14H22N4/c1-2-3-4-5-6-7-9-18-10-8-12-13(15)16-11-17-14(12)18/h8,10-11H,2-7,9H2,1H3,(H2,15,16,17). The molecule has 0 unspecified atom stereocenters. The van der Waals surface area contributed by atoms with Gasteiger partial charge in [0.1, 0.15) is 17.8 Å². The Bertz CT molecular complexity index is 489. The second-order valence-corrected chi connectivity index (χ2v) is 4.77. The van der Waals surface area contributed by atoms with Crippen molar-refractivity contribution < 1.29 is 0 Å². The lowest BCUT2D eigenvalue weighted by molar-refractivity contribution is 0.564. The Morgan fingerprint density at radius 3 is 2.72 bits per heavy atom. The van der Waals surface area contributed by atoms with Crippen LogP contribution in [0.4, 0.5) is 5.82 Å². The number of nitrogen functional groups attached to an aromatic ring is 1. The maximum absolute atomic E-state index is 5.81. The fourth-order valence-electron chi connectivity index (χ4n) is 2.27. The fourth-order valence-corrected chi connectivity index (χ4v) is 2.27. The van der Waals surface area contributed by atoms with Gasteiger partial charge in [-0.05, 0) is 12.5 Å². The van der Waals surface area contributed by atoms with Gasteiger partial charge in [0.2, 0.25) is 0 Å². The van der Waals surface area contributed by atoms with E-state index in [2.05, 4.69) is 27.7 Å². The van der Waals surface area contributed by atoms with E-state index in [4.69, 9.17) is 5.73 Å². The SMILES string of the molecule is CCCCCCCCn1ccc2c(N)ncnc21. The van der Waals surface area contributed by atoms with E-state index in [1.807, 2.05) is 6.07 Å². The van der Waals surface area contributed by atoms with Gasteiger partial charge in [0.05, 0.1) is 5.39 Å². The van der Waals surface area contributed by atoms with E-state index in [1.165, 1.54) is 44.9 Å². The Balaban J connectivity index is 1.86. The third-order valence-corrected chi connectivity index (χ3v) is 3.34. The number of hydrogen-bond acceptors (Lipinski definition) is 3. The molecule has 2 N–H and O–H groups in total. The highest BCUT2D eigenvalue weighted by atomic mass is 15.1. The number of fused-ring (bicyclic) bond motifs is 1. The summed E-state index contributed by atoms with van der Waals surface area (Å²) in [6.45, 7) is 3.27. The molecule has 0 spiro atoms. The van der Waals surface area contributed by atoms with Crippen LogP contribution in [0.2, 0.25) is 0 Å². The van der Waals surface area contributed by atoms with Gasteiger partial charge in [-0.2, -0.15) is 0 Å². The van der Waals surface area contributed by atoms with Crippen LogP contribution in [0.15, 0.2) is 18.6 Å². The molecule has 0 saturated carbocycles. The van der Waals surface area contributed by atoms with Crippen LogP contribution >= 0.6 is 0 Å². The summed E-state index contributed by atoms with van der Waals surface area (Å²) in [7, 11) is 0. The summed E-state index contributed by atoms with van der Waals surface area (Å²) in [6.07, 6.45) is 11.5. The first-order valence-electron chi connectivity index (χ1n) is 6.88. The van der Waals surface area contributed by atoms with E-state index < -0.39 is 0 Å². The van der Waals surface area contributed by atoms with Gasteiger partial charge >= 0.3 is 0 Å². The number of hydrogen-bond donors (Lipinski definition) is 1. The van der Waals surface area contributed by atoms with Crippen molar-refractivity contribution in [1.82, 2.24) is 14.5 Å². The van der Waals surface area contributed by atoms with Crippen molar-refractivity contribution in [3.8, 4) is 0 Å². The molecule has 0 aliphatic carbocycles. The molecule has 2 aromatic heterocycles. The Hall–Kier alpha value is -1.58. The van der Waals surface area contributed by atoms with E-state index in [1.54, 1.807) is 0 Å². The molecule has 0 bridgehead atoms. The largest absolute Gasteiger partial charge is 0.383 e. The minimum atomic E-state index is 0.571. The summed E-state index contributed by atoms with van der Waals surface area (Å²) in [5.74, 6) is 0.571. The number of nitrogens with zero attached hydrogens (tertiary/aromatic N) is 3. The van der Waals surface area contributed by atoms with Crippen molar-refractivity contribution in [1.29, 1.82) is 0 Å². The molecule has 2 heterocycles. The number of aryl methyl sites for hydroxylation is 1. The Labute approximate surface area is 108 Å². The van der Waals surface area contributed by atoms with Crippen LogP contribution in [0.5, 0.6) is 0 Å². The summed E-state index contributed by atoms with van der Waals surface area (Å²) in [6, 6.07) is 2.00. The van der Waals surface area contributed by atoms with Crippen LogP contribution < -0.4 is 5.73 Å². The molecule has 4 heteroatoms. The lowest BCUT2D eigenvalue weighted by Gasteiger charge is -2.04. The highest BCUT2D eigenvalue weighted by molar-refractivity contribution is 5.85. The average Bonchev–Trinajstić information content (AvgIpc) is 2.79. The van der Waals surface area contributed by atoms with E-state index in [0.717, 1.165) is 17.6 Å². The minimum Gasteiger partial charge on any atom is -0.383 e.